The number of aliphatic imine (C=N–C) groups is 1. The number of hydroxylamine groups is 2. The van der Waals surface area contributed by atoms with Crippen LogP contribution in [0.25, 0.3) is 0 Å². The zero-order valence-electron chi connectivity index (χ0n) is 10.6. The van der Waals surface area contributed by atoms with Crippen molar-refractivity contribution < 1.29 is 9.74 Å². The molecule has 0 aliphatic carbocycles. The SMILES string of the molecule is C=C(C)[C@@H]1C[NH+]2C[CH-]C(C)(C)N=C2N1OC. The van der Waals surface area contributed by atoms with Crippen LogP contribution in [0.5, 0.6) is 0 Å². The van der Waals surface area contributed by atoms with E-state index in [1.54, 1.807) is 7.11 Å². The summed E-state index contributed by atoms with van der Waals surface area (Å²) in [6.45, 7) is 12.3. The number of nitrogens with zero attached hydrogens (tertiary/aromatic N) is 2. The van der Waals surface area contributed by atoms with Crippen LogP contribution in [0.4, 0.5) is 0 Å². The van der Waals surface area contributed by atoms with Gasteiger partial charge in [-0.15, -0.1) is 0 Å². The molecule has 1 unspecified atom stereocenters. The monoisotopic (exact) mass is 223 g/mol. The van der Waals surface area contributed by atoms with Crippen molar-refractivity contribution in [3.05, 3.63) is 18.6 Å². The Morgan fingerprint density at radius 2 is 2.38 bits per heavy atom. The maximum Gasteiger partial charge on any atom is 0.319 e. The van der Waals surface area contributed by atoms with Gasteiger partial charge < -0.3 is 0 Å². The predicted molar refractivity (Wildman–Crippen MR) is 64.0 cm³/mol. The van der Waals surface area contributed by atoms with Gasteiger partial charge in [-0.2, -0.15) is 5.06 Å². The fraction of sp³-hybridized carbons (Fsp3) is 0.667. The van der Waals surface area contributed by atoms with Gasteiger partial charge in [-0.25, -0.2) is 11.4 Å². The van der Waals surface area contributed by atoms with Gasteiger partial charge in [0, 0.05) is 0 Å². The lowest BCUT2D eigenvalue weighted by molar-refractivity contribution is -0.798. The Labute approximate surface area is 97.5 Å². The van der Waals surface area contributed by atoms with Crippen molar-refractivity contribution in [1.29, 1.82) is 0 Å². The molecular formula is C12H21N3O. The Kier molecular flexibility index (Phi) is 2.80. The van der Waals surface area contributed by atoms with E-state index in [-0.39, 0.29) is 11.6 Å². The first kappa shape index (κ1) is 11.6. The van der Waals surface area contributed by atoms with E-state index >= 15 is 0 Å². The van der Waals surface area contributed by atoms with Gasteiger partial charge in [-0.05, 0) is 19.0 Å². The van der Waals surface area contributed by atoms with E-state index in [4.69, 9.17) is 9.83 Å². The molecule has 4 heteroatoms. The summed E-state index contributed by atoms with van der Waals surface area (Å²) in [5.41, 5.74) is 1.05. The Morgan fingerprint density at radius 1 is 1.69 bits per heavy atom. The van der Waals surface area contributed by atoms with Gasteiger partial charge in [0.25, 0.3) is 0 Å². The van der Waals surface area contributed by atoms with Crippen molar-refractivity contribution in [1.82, 2.24) is 5.06 Å². The average Bonchev–Trinajstić information content (AvgIpc) is 2.53. The van der Waals surface area contributed by atoms with Crippen LogP contribution in [0.15, 0.2) is 17.1 Å². The van der Waals surface area contributed by atoms with Crippen LogP contribution >= 0.6 is 0 Å². The number of hydrogen-bond acceptors (Lipinski definition) is 3. The Morgan fingerprint density at radius 3 is 2.94 bits per heavy atom. The Balaban J connectivity index is 2.30. The van der Waals surface area contributed by atoms with Crippen molar-refractivity contribution in [2.24, 2.45) is 4.99 Å². The maximum atomic E-state index is 5.45. The number of guanidine groups is 1. The van der Waals surface area contributed by atoms with Crippen LogP contribution in [0.2, 0.25) is 0 Å². The number of quaternary nitrogens is 1. The molecule has 2 aliphatic rings. The molecule has 0 saturated carbocycles. The van der Waals surface area contributed by atoms with Gasteiger partial charge in [0.15, 0.2) is 0 Å². The van der Waals surface area contributed by atoms with Crippen molar-refractivity contribution in [2.45, 2.75) is 32.4 Å². The first-order valence-corrected chi connectivity index (χ1v) is 5.72. The molecule has 90 valence electrons. The highest BCUT2D eigenvalue weighted by molar-refractivity contribution is 5.74. The molecule has 0 aromatic carbocycles. The molecular weight excluding hydrogens is 202 g/mol. The normalized spacial score (nSPS) is 32.2. The fourth-order valence-electron chi connectivity index (χ4n) is 2.29. The highest BCUT2D eigenvalue weighted by Gasteiger charge is 2.42. The fourth-order valence-corrected chi connectivity index (χ4v) is 2.29. The van der Waals surface area contributed by atoms with Gasteiger partial charge in [-0.3, -0.25) is 9.74 Å². The van der Waals surface area contributed by atoms with Crippen LogP contribution in [-0.4, -0.2) is 42.8 Å². The van der Waals surface area contributed by atoms with Gasteiger partial charge in [-0.1, -0.05) is 26.0 Å². The largest absolute Gasteiger partial charge is 0.319 e. The summed E-state index contributed by atoms with van der Waals surface area (Å²) < 4.78 is 0. The lowest BCUT2D eigenvalue weighted by Gasteiger charge is -2.37. The van der Waals surface area contributed by atoms with Gasteiger partial charge >= 0.3 is 5.96 Å². The van der Waals surface area contributed by atoms with Gasteiger partial charge in [0.05, 0.1) is 7.11 Å². The summed E-state index contributed by atoms with van der Waals surface area (Å²) in [6, 6.07) is 0.251. The highest BCUT2D eigenvalue weighted by atomic mass is 16.7. The van der Waals surface area contributed by atoms with Crippen molar-refractivity contribution in [2.75, 3.05) is 20.2 Å². The van der Waals surface area contributed by atoms with E-state index in [2.05, 4.69) is 26.8 Å². The summed E-state index contributed by atoms with van der Waals surface area (Å²) >= 11 is 0. The summed E-state index contributed by atoms with van der Waals surface area (Å²) in [4.78, 5) is 11.6. The molecule has 2 rings (SSSR count). The molecule has 16 heavy (non-hydrogen) atoms. The highest BCUT2D eigenvalue weighted by Crippen LogP contribution is 2.19. The molecule has 2 heterocycles. The van der Waals surface area contributed by atoms with Crippen LogP contribution in [0, 0.1) is 6.42 Å². The first-order chi connectivity index (χ1) is 7.44. The van der Waals surface area contributed by atoms with Gasteiger partial charge in [0.2, 0.25) is 0 Å². The number of hydrogen-bond donors (Lipinski definition) is 1. The molecule has 1 N–H and O–H groups in total. The zero-order valence-corrected chi connectivity index (χ0v) is 10.6. The zero-order chi connectivity index (χ0) is 11.9. The van der Waals surface area contributed by atoms with E-state index in [0.29, 0.717) is 0 Å². The van der Waals surface area contributed by atoms with Crippen LogP contribution in [0.1, 0.15) is 20.8 Å². The summed E-state index contributed by atoms with van der Waals surface area (Å²) in [6.07, 6.45) is 2.26. The minimum atomic E-state index is -0.0838. The molecule has 2 atom stereocenters. The second kappa shape index (κ2) is 3.86. The van der Waals surface area contributed by atoms with Gasteiger partial charge in [0.1, 0.15) is 12.6 Å². The molecule has 2 aliphatic heterocycles. The molecule has 0 radical (unpaired) electrons. The predicted octanol–water partition coefficient (Wildman–Crippen LogP) is 0.0455. The van der Waals surface area contributed by atoms with Crippen LogP contribution < -0.4 is 4.90 Å². The number of nitrogens with one attached hydrogen (secondary N) is 1. The van der Waals surface area contributed by atoms with Crippen molar-refractivity contribution >= 4 is 5.96 Å². The maximum absolute atomic E-state index is 5.45. The third kappa shape index (κ3) is 1.87. The lowest BCUT2D eigenvalue weighted by atomic mass is 10.0. The number of fused-ring (bicyclic) bond motifs is 1. The molecule has 0 aromatic heterocycles. The molecule has 0 bridgehead atoms. The topological polar surface area (TPSA) is 29.3 Å². The van der Waals surface area contributed by atoms with E-state index < -0.39 is 0 Å². The van der Waals surface area contributed by atoms with E-state index in [9.17, 15) is 0 Å². The third-order valence-corrected chi connectivity index (χ3v) is 3.26. The standard InChI is InChI=1S/C12H20N3O/c1-9(2)10-8-14-7-6-12(3,4)13-11(14)15(10)16-5/h6,10H,1,7-8H2,2-5H3/q-1/p+1/t10-/m0/s1. The van der Waals surface area contributed by atoms with E-state index in [1.165, 1.54) is 4.90 Å². The Bertz CT molecular complexity index is 335. The minimum Gasteiger partial charge on any atom is -0.292 e. The second-order valence-corrected chi connectivity index (χ2v) is 5.18. The third-order valence-electron chi connectivity index (χ3n) is 3.26. The lowest BCUT2D eigenvalue weighted by Crippen LogP contribution is -3.14. The quantitative estimate of drug-likeness (QED) is 0.529. The average molecular weight is 223 g/mol. The first-order valence-electron chi connectivity index (χ1n) is 5.72. The van der Waals surface area contributed by atoms with Crippen molar-refractivity contribution in [3.63, 3.8) is 0 Å². The molecule has 0 amide bonds. The molecule has 4 nitrogen and oxygen atoms in total. The smallest absolute Gasteiger partial charge is 0.292 e. The molecule has 1 fully saturated rings. The summed E-state index contributed by atoms with van der Waals surface area (Å²) in [5, 5.41) is 1.91. The van der Waals surface area contributed by atoms with E-state index in [1.807, 2.05) is 12.0 Å². The van der Waals surface area contributed by atoms with Crippen molar-refractivity contribution in [3.8, 4) is 0 Å². The minimum absolute atomic E-state index is 0.0838. The summed E-state index contributed by atoms with van der Waals surface area (Å²) in [7, 11) is 1.70. The Hall–Kier alpha value is -0.870. The number of rotatable bonds is 2. The van der Waals surface area contributed by atoms with E-state index in [0.717, 1.165) is 24.6 Å². The van der Waals surface area contributed by atoms with Crippen LogP contribution in [-0.2, 0) is 4.84 Å². The van der Waals surface area contributed by atoms with Crippen LogP contribution in [0.3, 0.4) is 0 Å². The molecule has 0 spiro atoms. The second-order valence-electron chi connectivity index (χ2n) is 5.18. The molecule has 0 aromatic rings. The molecule has 1 saturated heterocycles. The summed E-state index contributed by atoms with van der Waals surface area (Å²) in [5.74, 6) is 1.02.